The van der Waals surface area contributed by atoms with Gasteiger partial charge in [0.1, 0.15) is 0 Å². The Morgan fingerprint density at radius 2 is 1.80 bits per heavy atom. The molecule has 73 valence electrons. The maximum absolute atomic E-state index is 11.0. The van der Waals surface area contributed by atoms with Crippen molar-refractivity contribution in [1.29, 1.82) is 0 Å². The maximum Gasteiger partial charge on any atom is 0.336 e. The highest BCUT2D eigenvalue weighted by Gasteiger charge is 2.09. The fourth-order valence-electron chi connectivity index (χ4n) is 1.47. The molecule has 0 atom stereocenters. The average molecular weight is 197 g/mol. The summed E-state index contributed by atoms with van der Waals surface area (Å²) in [7, 11) is 0. The van der Waals surface area contributed by atoms with Crippen molar-refractivity contribution in [3.05, 3.63) is 60.2 Å². The molecule has 0 spiro atoms. The molecule has 2 rings (SSSR count). The van der Waals surface area contributed by atoms with Gasteiger partial charge < -0.3 is 5.11 Å². The summed E-state index contributed by atoms with van der Waals surface area (Å²) >= 11 is 0. The zero-order chi connectivity index (χ0) is 10.7. The predicted octanol–water partition coefficient (Wildman–Crippen LogP) is 2.85. The summed E-state index contributed by atoms with van der Waals surface area (Å²) in [6.45, 7) is 0. The van der Waals surface area contributed by atoms with E-state index in [1.54, 1.807) is 18.2 Å². The molecule has 0 aliphatic rings. The molecule has 2 heteroatoms. The molecule has 15 heavy (non-hydrogen) atoms. The smallest absolute Gasteiger partial charge is 0.336 e. The lowest BCUT2D eigenvalue weighted by atomic mass is 10.00. The summed E-state index contributed by atoms with van der Waals surface area (Å²) in [5, 5.41) is 9.00. The largest absolute Gasteiger partial charge is 0.478 e. The SMILES string of the molecule is O=C(O)c1[c]cccc1-c1ccccc1. The monoisotopic (exact) mass is 197 g/mol. The molecule has 2 aromatic carbocycles. The zero-order valence-corrected chi connectivity index (χ0v) is 7.97. The van der Waals surface area contributed by atoms with Crippen molar-refractivity contribution in [3.63, 3.8) is 0 Å². The van der Waals surface area contributed by atoms with Crippen LogP contribution in [0, 0.1) is 6.07 Å². The average Bonchev–Trinajstić information content (AvgIpc) is 2.30. The van der Waals surface area contributed by atoms with Gasteiger partial charge in [-0.1, -0.05) is 48.5 Å². The summed E-state index contributed by atoms with van der Waals surface area (Å²) in [5.74, 6) is -0.950. The second-order valence-corrected chi connectivity index (χ2v) is 3.13. The minimum absolute atomic E-state index is 0.212. The minimum Gasteiger partial charge on any atom is -0.478 e. The Morgan fingerprint density at radius 3 is 2.47 bits per heavy atom. The van der Waals surface area contributed by atoms with Crippen LogP contribution in [0.4, 0.5) is 0 Å². The van der Waals surface area contributed by atoms with Gasteiger partial charge in [-0.05, 0) is 17.2 Å². The molecule has 0 aliphatic heterocycles. The van der Waals surface area contributed by atoms with Crippen molar-refractivity contribution in [1.82, 2.24) is 0 Å². The van der Waals surface area contributed by atoms with Crippen LogP contribution in [0.1, 0.15) is 10.4 Å². The van der Waals surface area contributed by atoms with E-state index in [4.69, 9.17) is 5.11 Å². The van der Waals surface area contributed by atoms with Crippen LogP contribution in [-0.4, -0.2) is 11.1 Å². The fourth-order valence-corrected chi connectivity index (χ4v) is 1.47. The molecule has 0 unspecified atom stereocenters. The van der Waals surface area contributed by atoms with Crippen LogP contribution in [0.15, 0.2) is 48.5 Å². The summed E-state index contributed by atoms with van der Waals surface area (Å²) in [5.41, 5.74) is 1.81. The van der Waals surface area contributed by atoms with Crippen LogP contribution in [0.25, 0.3) is 11.1 Å². The highest BCUT2D eigenvalue weighted by atomic mass is 16.4. The number of benzene rings is 2. The van der Waals surface area contributed by atoms with E-state index >= 15 is 0 Å². The highest BCUT2D eigenvalue weighted by molar-refractivity contribution is 5.95. The molecule has 0 fully saturated rings. The molecule has 2 nitrogen and oxygen atoms in total. The van der Waals surface area contributed by atoms with Crippen LogP contribution < -0.4 is 0 Å². The van der Waals surface area contributed by atoms with Gasteiger partial charge in [-0.25, -0.2) is 4.79 Å². The molecule has 0 saturated carbocycles. The minimum atomic E-state index is -0.950. The number of carboxylic acid groups (broad SMARTS) is 1. The predicted molar refractivity (Wildman–Crippen MR) is 57.7 cm³/mol. The van der Waals surface area contributed by atoms with Crippen LogP contribution in [0.2, 0.25) is 0 Å². The third-order valence-corrected chi connectivity index (χ3v) is 2.15. The molecule has 0 bridgehead atoms. The third-order valence-electron chi connectivity index (χ3n) is 2.15. The highest BCUT2D eigenvalue weighted by Crippen LogP contribution is 2.22. The fraction of sp³-hybridized carbons (Fsp3) is 0. The second-order valence-electron chi connectivity index (χ2n) is 3.13. The number of carbonyl (C=O) groups is 1. The van der Waals surface area contributed by atoms with Gasteiger partial charge in [0.15, 0.2) is 0 Å². The summed E-state index contributed by atoms with van der Waals surface area (Å²) in [4.78, 5) is 11.0. The quantitative estimate of drug-likeness (QED) is 0.803. The normalized spacial score (nSPS) is 9.87. The van der Waals surface area contributed by atoms with Crippen molar-refractivity contribution in [2.45, 2.75) is 0 Å². The Balaban J connectivity index is 2.58. The number of aromatic carboxylic acids is 1. The van der Waals surface area contributed by atoms with Crippen molar-refractivity contribution in [2.75, 3.05) is 0 Å². The molecule has 0 heterocycles. The molecule has 0 amide bonds. The second kappa shape index (κ2) is 3.96. The van der Waals surface area contributed by atoms with Gasteiger partial charge in [0.2, 0.25) is 0 Å². The summed E-state index contributed by atoms with van der Waals surface area (Å²) in [6.07, 6.45) is 0. The van der Waals surface area contributed by atoms with Crippen molar-refractivity contribution in [2.24, 2.45) is 0 Å². The zero-order valence-electron chi connectivity index (χ0n) is 7.97. The third kappa shape index (κ3) is 1.89. The standard InChI is InChI=1S/C13H9O2/c14-13(15)12-9-5-4-8-11(12)10-6-2-1-3-7-10/h1-8H,(H,14,15). The Bertz CT molecular complexity index is 475. The molecule has 0 saturated heterocycles. The van der Waals surface area contributed by atoms with Gasteiger partial charge in [-0.3, -0.25) is 0 Å². The number of carboxylic acids is 1. The first kappa shape index (κ1) is 9.46. The first-order chi connectivity index (χ1) is 7.29. The molecular formula is C13H9O2. The van der Waals surface area contributed by atoms with Crippen molar-refractivity contribution < 1.29 is 9.90 Å². The lowest BCUT2D eigenvalue weighted by Gasteiger charge is -2.04. The van der Waals surface area contributed by atoms with E-state index in [-0.39, 0.29) is 5.56 Å². The van der Waals surface area contributed by atoms with Crippen molar-refractivity contribution >= 4 is 5.97 Å². The topological polar surface area (TPSA) is 37.3 Å². The van der Waals surface area contributed by atoms with Crippen LogP contribution in [-0.2, 0) is 0 Å². The number of rotatable bonds is 2. The molecule has 1 N–H and O–H groups in total. The van der Waals surface area contributed by atoms with Crippen LogP contribution in [0.3, 0.4) is 0 Å². The Morgan fingerprint density at radius 1 is 1.07 bits per heavy atom. The number of hydrogen-bond donors (Lipinski definition) is 1. The Hall–Kier alpha value is -2.09. The van der Waals surface area contributed by atoms with Gasteiger partial charge in [0.05, 0.1) is 5.56 Å². The van der Waals surface area contributed by atoms with E-state index in [1.165, 1.54) is 0 Å². The van der Waals surface area contributed by atoms with E-state index in [0.29, 0.717) is 5.56 Å². The van der Waals surface area contributed by atoms with Gasteiger partial charge in [0.25, 0.3) is 0 Å². The Labute approximate surface area is 87.8 Å². The van der Waals surface area contributed by atoms with E-state index in [1.807, 2.05) is 30.3 Å². The first-order valence-corrected chi connectivity index (χ1v) is 4.58. The number of hydrogen-bond acceptors (Lipinski definition) is 1. The van der Waals surface area contributed by atoms with E-state index in [2.05, 4.69) is 6.07 Å². The lowest BCUT2D eigenvalue weighted by molar-refractivity contribution is 0.0697. The molecule has 0 aliphatic carbocycles. The van der Waals surface area contributed by atoms with E-state index in [0.717, 1.165) is 5.56 Å². The summed E-state index contributed by atoms with van der Waals surface area (Å²) in [6, 6.07) is 17.4. The van der Waals surface area contributed by atoms with Gasteiger partial charge in [-0.15, -0.1) is 0 Å². The molecule has 0 aromatic heterocycles. The molecule has 2 aromatic rings. The summed E-state index contributed by atoms with van der Waals surface area (Å²) < 4.78 is 0. The molecule has 1 radical (unpaired) electrons. The first-order valence-electron chi connectivity index (χ1n) is 4.58. The molecular weight excluding hydrogens is 188 g/mol. The van der Waals surface area contributed by atoms with Gasteiger partial charge >= 0.3 is 5.97 Å². The lowest BCUT2D eigenvalue weighted by Crippen LogP contribution is -1.99. The van der Waals surface area contributed by atoms with E-state index < -0.39 is 5.97 Å². The van der Waals surface area contributed by atoms with Gasteiger partial charge in [-0.2, -0.15) is 0 Å². The van der Waals surface area contributed by atoms with E-state index in [9.17, 15) is 4.79 Å². The van der Waals surface area contributed by atoms with Crippen molar-refractivity contribution in [3.8, 4) is 11.1 Å². The van der Waals surface area contributed by atoms with Gasteiger partial charge in [0, 0.05) is 0 Å². The Kier molecular flexibility index (Phi) is 2.50. The maximum atomic E-state index is 11.0. The van der Waals surface area contributed by atoms with Crippen LogP contribution >= 0.6 is 0 Å². The van der Waals surface area contributed by atoms with Crippen LogP contribution in [0.5, 0.6) is 0 Å².